The minimum absolute atomic E-state index is 0.121. The molecule has 0 unspecified atom stereocenters. The number of nitrogens with zero attached hydrogens (tertiary/aromatic N) is 4. The zero-order valence-electron chi connectivity index (χ0n) is 18.0. The maximum atomic E-state index is 12.0. The van der Waals surface area contributed by atoms with E-state index < -0.39 is 17.4 Å². The largest absolute Gasteiger partial charge is 0.504 e. The van der Waals surface area contributed by atoms with Crippen molar-refractivity contribution in [1.29, 1.82) is 0 Å². The standard InChI is InChI=1S/C22H17BrClN5O6/c1-34-20-10-17(27-26-16-5-2-14(23)3-6-16)8-13(22(20)31)11-25-28-21(30)12-35-19-7-4-15(24)9-18(19)29(32)33/h2-11,31H,12H2,1H3,(H,28,30)/b25-11-,27-26?. The number of halogens is 2. The number of hydrogen-bond acceptors (Lipinski definition) is 9. The second kappa shape index (κ2) is 11.9. The van der Waals surface area contributed by atoms with Gasteiger partial charge < -0.3 is 14.6 Å². The Kier molecular flexibility index (Phi) is 8.70. The number of phenols is 1. The molecule has 3 rings (SSSR count). The van der Waals surface area contributed by atoms with Crippen molar-refractivity contribution in [1.82, 2.24) is 5.43 Å². The maximum absolute atomic E-state index is 12.0. The number of ether oxygens (including phenoxy) is 2. The molecule has 3 aromatic carbocycles. The van der Waals surface area contributed by atoms with Crippen molar-refractivity contribution in [3.63, 3.8) is 0 Å². The van der Waals surface area contributed by atoms with Gasteiger partial charge in [0.05, 0.1) is 29.6 Å². The smallest absolute Gasteiger partial charge is 0.312 e. The minimum Gasteiger partial charge on any atom is -0.504 e. The zero-order chi connectivity index (χ0) is 25.4. The Morgan fingerprint density at radius 2 is 1.86 bits per heavy atom. The van der Waals surface area contributed by atoms with Gasteiger partial charge in [-0.3, -0.25) is 14.9 Å². The van der Waals surface area contributed by atoms with Crippen LogP contribution >= 0.6 is 27.5 Å². The van der Waals surface area contributed by atoms with Crippen LogP contribution in [-0.2, 0) is 4.79 Å². The minimum atomic E-state index is -0.692. The summed E-state index contributed by atoms with van der Waals surface area (Å²) in [6.07, 6.45) is 1.18. The van der Waals surface area contributed by atoms with Gasteiger partial charge >= 0.3 is 5.69 Å². The molecule has 0 saturated carbocycles. The molecule has 0 aliphatic rings. The van der Waals surface area contributed by atoms with Crippen molar-refractivity contribution in [3.8, 4) is 17.2 Å². The third-order valence-electron chi connectivity index (χ3n) is 4.29. The summed E-state index contributed by atoms with van der Waals surface area (Å²) in [5.41, 5.74) is 3.01. The number of phenolic OH excluding ortho intramolecular Hbond substituents is 1. The molecule has 0 fully saturated rings. The Morgan fingerprint density at radius 3 is 2.54 bits per heavy atom. The Balaban J connectivity index is 1.67. The molecule has 0 atom stereocenters. The van der Waals surface area contributed by atoms with Crippen molar-refractivity contribution in [2.75, 3.05) is 13.7 Å². The SMILES string of the molecule is COc1cc(N=Nc2ccc(Br)cc2)cc(/C=N\NC(=O)COc2ccc(Cl)cc2[N+](=O)[O-])c1O. The first-order chi connectivity index (χ1) is 16.8. The molecule has 0 aromatic heterocycles. The van der Waals surface area contributed by atoms with Crippen LogP contribution in [0.3, 0.4) is 0 Å². The lowest BCUT2D eigenvalue weighted by molar-refractivity contribution is -0.385. The van der Waals surface area contributed by atoms with Gasteiger partial charge in [-0.2, -0.15) is 15.3 Å². The second-order valence-electron chi connectivity index (χ2n) is 6.71. The molecule has 0 saturated heterocycles. The summed E-state index contributed by atoms with van der Waals surface area (Å²) < 4.78 is 11.3. The fourth-order valence-corrected chi connectivity index (χ4v) is 3.08. The van der Waals surface area contributed by atoms with Gasteiger partial charge in [0.15, 0.2) is 23.9 Å². The third-order valence-corrected chi connectivity index (χ3v) is 5.05. The molecular weight excluding hydrogens is 546 g/mol. The van der Waals surface area contributed by atoms with Crippen LogP contribution in [0.4, 0.5) is 17.1 Å². The Labute approximate surface area is 212 Å². The number of azo groups is 1. The summed E-state index contributed by atoms with van der Waals surface area (Å²) >= 11 is 9.09. The monoisotopic (exact) mass is 561 g/mol. The maximum Gasteiger partial charge on any atom is 0.312 e. The molecule has 0 aliphatic carbocycles. The average Bonchev–Trinajstić information content (AvgIpc) is 2.84. The van der Waals surface area contributed by atoms with Crippen LogP contribution in [0.2, 0.25) is 5.02 Å². The number of nitro benzene ring substituents is 1. The molecule has 0 radical (unpaired) electrons. The molecule has 0 spiro atoms. The van der Waals surface area contributed by atoms with E-state index >= 15 is 0 Å². The second-order valence-corrected chi connectivity index (χ2v) is 8.07. The average molecular weight is 563 g/mol. The highest BCUT2D eigenvalue weighted by atomic mass is 79.9. The number of methoxy groups -OCH3 is 1. The molecular formula is C22H17BrClN5O6. The van der Waals surface area contributed by atoms with Crippen LogP contribution in [0.25, 0.3) is 0 Å². The van der Waals surface area contributed by atoms with Gasteiger partial charge in [-0.25, -0.2) is 5.43 Å². The molecule has 13 heteroatoms. The summed E-state index contributed by atoms with van der Waals surface area (Å²) in [4.78, 5) is 22.5. The van der Waals surface area contributed by atoms with E-state index in [-0.39, 0.29) is 33.5 Å². The summed E-state index contributed by atoms with van der Waals surface area (Å²) in [6, 6.07) is 14.0. The lowest BCUT2D eigenvalue weighted by Gasteiger charge is -2.08. The number of carbonyl (C=O) groups is 1. The van der Waals surface area contributed by atoms with Gasteiger partial charge in [0, 0.05) is 27.2 Å². The fourth-order valence-electron chi connectivity index (χ4n) is 2.65. The van der Waals surface area contributed by atoms with Gasteiger partial charge in [0.25, 0.3) is 5.91 Å². The first kappa shape index (κ1) is 25.6. The summed E-state index contributed by atoms with van der Waals surface area (Å²) in [6.45, 7) is -0.545. The molecule has 35 heavy (non-hydrogen) atoms. The van der Waals surface area contributed by atoms with Crippen LogP contribution in [0.5, 0.6) is 17.2 Å². The van der Waals surface area contributed by atoms with Crippen molar-refractivity contribution in [2.24, 2.45) is 15.3 Å². The van der Waals surface area contributed by atoms with Crippen LogP contribution < -0.4 is 14.9 Å². The molecule has 0 heterocycles. The van der Waals surface area contributed by atoms with E-state index in [0.29, 0.717) is 11.4 Å². The zero-order valence-corrected chi connectivity index (χ0v) is 20.4. The number of hydrazone groups is 1. The van der Waals surface area contributed by atoms with Crippen LogP contribution in [0, 0.1) is 10.1 Å². The molecule has 0 aliphatic heterocycles. The van der Waals surface area contributed by atoms with E-state index in [1.165, 1.54) is 37.6 Å². The topological polar surface area (TPSA) is 148 Å². The number of amides is 1. The van der Waals surface area contributed by atoms with Gasteiger partial charge in [-0.05, 0) is 42.5 Å². The van der Waals surface area contributed by atoms with Crippen molar-refractivity contribution in [2.45, 2.75) is 0 Å². The number of nitrogens with one attached hydrogen (secondary N) is 1. The Hall–Kier alpha value is -4.03. The van der Waals surface area contributed by atoms with Crippen LogP contribution in [0.15, 0.2) is 74.4 Å². The summed E-state index contributed by atoms with van der Waals surface area (Å²) in [7, 11) is 1.38. The number of benzene rings is 3. The first-order valence-corrected chi connectivity index (χ1v) is 10.9. The molecule has 11 nitrogen and oxygen atoms in total. The number of nitro groups is 1. The predicted molar refractivity (Wildman–Crippen MR) is 132 cm³/mol. The van der Waals surface area contributed by atoms with Crippen molar-refractivity contribution in [3.05, 3.63) is 79.8 Å². The van der Waals surface area contributed by atoms with E-state index in [1.54, 1.807) is 12.1 Å². The van der Waals surface area contributed by atoms with Crippen molar-refractivity contribution < 1.29 is 24.3 Å². The lowest BCUT2D eigenvalue weighted by Crippen LogP contribution is -2.24. The lowest BCUT2D eigenvalue weighted by atomic mass is 10.2. The highest BCUT2D eigenvalue weighted by molar-refractivity contribution is 9.10. The Morgan fingerprint density at radius 1 is 1.14 bits per heavy atom. The summed E-state index contributed by atoms with van der Waals surface area (Å²) in [5, 5.41) is 33.6. The number of hydrogen-bond donors (Lipinski definition) is 2. The van der Waals surface area contributed by atoms with Gasteiger partial charge in [-0.15, -0.1) is 0 Å². The number of aromatic hydroxyl groups is 1. The Bertz CT molecular complexity index is 1300. The van der Waals surface area contributed by atoms with Crippen LogP contribution in [-0.4, -0.2) is 35.9 Å². The van der Waals surface area contributed by atoms with E-state index in [9.17, 15) is 20.0 Å². The van der Waals surface area contributed by atoms with E-state index in [0.717, 1.165) is 10.5 Å². The van der Waals surface area contributed by atoms with Gasteiger partial charge in [0.2, 0.25) is 0 Å². The van der Waals surface area contributed by atoms with Gasteiger partial charge in [0.1, 0.15) is 0 Å². The van der Waals surface area contributed by atoms with E-state index in [2.05, 4.69) is 36.7 Å². The molecule has 3 aromatic rings. The normalized spacial score (nSPS) is 11.1. The molecule has 180 valence electrons. The van der Waals surface area contributed by atoms with E-state index in [1.807, 2.05) is 12.1 Å². The van der Waals surface area contributed by atoms with Crippen LogP contribution in [0.1, 0.15) is 5.56 Å². The highest BCUT2D eigenvalue weighted by Gasteiger charge is 2.17. The number of carbonyl (C=O) groups excluding carboxylic acids is 1. The first-order valence-electron chi connectivity index (χ1n) is 9.73. The third kappa shape index (κ3) is 7.22. The summed E-state index contributed by atoms with van der Waals surface area (Å²) in [5.74, 6) is -0.905. The number of rotatable bonds is 9. The molecule has 1 amide bonds. The predicted octanol–water partition coefficient (Wildman–Crippen LogP) is 5.67. The molecule has 2 N–H and O–H groups in total. The fraction of sp³-hybridized carbons (Fsp3) is 0.0909. The highest BCUT2D eigenvalue weighted by Crippen LogP contribution is 2.34. The van der Waals surface area contributed by atoms with E-state index in [4.69, 9.17) is 21.1 Å². The van der Waals surface area contributed by atoms with Gasteiger partial charge in [-0.1, -0.05) is 27.5 Å². The van der Waals surface area contributed by atoms with Crippen molar-refractivity contribution >= 4 is 56.7 Å². The molecule has 0 bridgehead atoms. The quantitative estimate of drug-likeness (QED) is 0.149.